The predicted octanol–water partition coefficient (Wildman–Crippen LogP) is 7.27. The number of carbonyl (C=O) groups excluding carboxylic acids is 1. The lowest BCUT2D eigenvalue weighted by atomic mass is 9.90. The lowest BCUT2D eigenvalue weighted by Crippen LogP contribution is -2.34. The van der Waals surface area contributed by atoms with E-state index in [9.17, 15) is 19.5 Å². The Morgan fingerprint density at radius 3 is 2.11 bits per heavy atom. The first-order valence-corrected chi connectivity index (χ1v) is 16.9. The molecule has 2 amide bonds. The van der Waals surface area contributed by atoms with Gasteiger partial charge in [-0.2, -0.15) is 0 Å². The average molecular weight is 714 g/mol. The van der Waals surface area contributed by atoms with Gasteiger partial charge < -0.3 is 34.9 Å². The van der Waals surface area contributed by atoms with E-state index in [1.807, 2.05) is 95.1 Å². The molecule has 1 heterocycles. The van der Waals surface area contributed by atoms with Crippen LogP contribution in [0.3, 0.4) is 0 Å². The van der Waals surface area contributed by atoms with Crippen LogP contribution < -0.4 is 25.5 Å². The third kappa shape index (κ3) is 9.47. The van der Waals surface area contributed by atoms with Crippen LogP contribution in [0, 0.1) is 0 Å². The van der Waals surface area contributed by atoms with Crippen LogP contribution in [0.5, 0.6) is 0 Å². The Morgan fingerprint density at radius 1 is 0.811 bits per heavy atom. The maximum atomic E-state index is 12.4. The van der Waals surface area contributed by atoms with Crippen molar-refractivity contribution in [2.24, 2.45) is 0 Å². The van der Waals surface area contributed by atoms with Crippen molar-refractivity contribution in [1.82, 2.24) is 15.2 Å². The Balaban J connectivity index is 0.00000101. The second kappa shape index (κ2) is 17.9. The quantitative estimate of drug-likeness (QED) is 0.0811. The van der Waals surface area contributed by atoms with Gasteiger partial charge in [0.2, 0.25) is 5.36 Å². The zero-order chi connectivity index (χ0) is 37.7. The molecule has 270 valence electrons. The van der Waals surface area contributed by atoms with Gasteiger partial charge in [0.1, 0.15) is 11.3 Å². The van der Waals surface area contributed by atoms with Gasteiger partial charge in [-0.3, -0.25) is 0 Å². The molecule has 1 aliphatic heterocycles. The summed E-state index contributed by atoms with van der Waals surface area (Å²) in [5.74, 6) is -0.419. The molecule has 0 bridgehead atoms. The van der Waals surface area contributed by atoms with E-state index in [1.54, 1.807) is 18.3 Å². The van der Waals surface area contributed by atoms with Crippen LogP contribution in [0.1, 0.15) is 21.5 Å². The number of carbonyl (C=O) groups is 3. The first-order valence-electron chi connectivity index (χ1n) is 16.9. The van der Waals surface area contributed by atoms with E-state index >= 15 is 0 Å². The molecule has 0 saturated carbocycles. The van der Waals surface area contributed by atoms with Gasteiger partial charge >= 0.3 is 18.2 Å². The SMILES string of the molecule is C=CN(Cc1ccccc1)c1ccc2c(-c3ccccc3C(=O)O)c3ccc(=[N+](CCOC(=O)NC)Cc4ccccc4)cc-3oc2c1.CNC(=O)O. The van der Waals surface area contributed by atoms with E-state index in [0.29, 0.717) is 36.5 Å². The Morgan fingerprint density at radius 2 is 1.47 bits per heavy atom. The highest BCUT2D eigenvalue weighted by Crippen LogP contribution is 2.42. The number of nitrogens with one attached hydrogen (secondary N) is 2. The first-order chi connectivity index (χ1) is 25.7. The number of nitrogens with zero attached hydrogens (tertiary/aromatic N) is 2. The van der Waals surface area contributed by atoms with Crippen LogP contribution in [0.25, 0.3) is 33.4 Å². The van der Waals surface area contributed by atoms with Crippen LogP contribution in [-0.2, 0) is 17.8 Å². The van der Waals surface area contributed by atoms with Gasteiger partial charge in [-0.15, -0.1) is 0 Å². The molecule has 0 aromatic heterocycles. The molecule has 4 aromatic carbocycles. The zero-order valence-corrected chi connectivity index (χ0v) is 29.5. The average Bonchev–Trinajstić information content (AvgIpc) is 3.19. The molecule has 0 spiro atoms. The molecule has 4 N–H and O–H groups in total. The normalized spacial score (nSPS) is 11.1. The van der Waals surface area contributed by atoms with Gasteiger partial charge in [-0.25, -0.2) is 19.0 Å². The topological polar surface area (TPSA) is 144 Å². The van der Waals surface area contributed by atoms with Crippen molar-refractivity contribution < 1.29 is 33.8 Å². The summed E-state index contributed by atoms with van der Waals surface area (Å²) < 4.78 is 14.1. The van der Waals surface area contributed by atoms with E-state index in [4.69, 9.17) is 14.3 Å². The summed E-state index contributed by atoms with van der Waals surface area (Å²) in [5, 5.41) is 23.9. The van der Waals surface area contributed by atoms with E-state index in [0.717, 1.165) is 38.7 Å². The number of alkyl carbamates (subject to hydrolysis) is 1. The first kappa shape index (κ1) is 37.4. The van der Waals surface area contributed by atoms with Crippen molar-refractivity contribution in [1.29, 1.82) is 0 Å². The molecule has 0 radical (unpaired) electrons. The molecular weight excluding hydrogens is 672 g/mol. The number of carboxylic acid groups (broad SMARTS) is 2. The lowest BCUT2D eigenvalue weighted by molar-refractivity contribution is 0.0697. The van der Waals surface area contributed by atoms with Crippen molar-refractivity contribution in [3.8, 4) is 22.5 Å². The maximum absolute atomic E-state index is 12.4. The Labute approximate surface area is 307 Å². The van der Waals surface area contributed by atoms with E-state index in [-0.39, 0.29) is 12.2 Å². The van der Waals surface area contributed by atoms with Crippen molar-refractivity contribution >= 4 is 34.8 Å². The smallest absolute Gasteiger partial charge is 0.407 e. The Bertz CT molecular complexity index is 2250. The highest BCUT2D eigenvalue weighted by molar-refractivity contribution is 6.07. The Hall–Kier alpha value is -6.88. The summed E-state index contributed by atoms with van der Waals surface area (Å²) in [6, 6.07) is 39.1. The van der Waals surface area contributed by atoms with Crippen molar-refractivity contribution in [3.05, 3.63) is 156 Å². The van der Waals surface area contributed by atoms with Crippen LogP contribution in [0.4, 0.5) is 15.3 Å². The maximum Gasteiger partial charge on any atom is 0.407 e. The summed E-state index contributed by atoms with van der Waals surface area (Å²) in [4.78, 5) is 35.5. The highest BCUT2D eigenvalue weighted by Gasteiger charge is 2.23. The zero-order valence-electron chi connectivity index (χ0n) is 29.5. The van der Waals surface area contributed by atoms with Crippen LogP contribution in [0.2, 0.25) is 0 Å². The number of aromatic carboxylic acids is 1. The fraction of sp³-hybridized carbons (Fsp3) is 0.143. The number of hydrogen-bond acceptors (Lipinski definition) is 6. The molecule has 53 heavy (non-hydrogen) atoms. The number of hydrogen-bond donors (Lipinski definition) is 4. The fourth-order valence-electron chi connectivity index (χ4n) is 5.89. The molecule has 0 unspecified atom stereocenters. The Kier molecular flexibility index (Phi) is 12.6. The molecular formula is C42H41N4O7+. The molecule has 0 fully saturated rings. The fourth-order valence-corrected chi connectivity index (χ4v) is 5.89. The largest absolute Gasteiger partial charge is 0.478 e. The molecule has 0 atom stereocenters. The molecule has 1 aliphatic carbocycles. The summed E-state index contributed by atoms with van der Waals surface area (Å²) in [6.07, 6.45) is 0.300. The number of carboxylic acids is 1. The number of ether oxygens (including phenoxy) is 1. The monoisotopic (exact) mass is 713 g/mol. The van der Waals surface area contributed by atoms with Crippen LogP contribution in [0.15, 0.2) is 139 Å². The summed E-state index contributed by atoms with van der Waals surface area (Å²) in [5.41, 5.74) is 6.06. The van der Waals surface area contributed by atoms with E-state index in [2.05, 4.69) is 40.7 Å². The molecule has 2 aliphatic rings. The van der Waals surface area contributed by atoms with Gasteiger partial charge in [-0.05, 0) is 41.6 Å². The number of anilines is 1. The lowest BCUT2D eigenvalue weighted by Gasteiger charge is -2.22. The second-order valence-electron chi connectivity index (χ2n) is 11.8. The summed E-state index contributed by atoms with van der Waals surface area (Å²) in [7, 11) is 2.88. The molecule has 0 saturated heterocycles. The number of amides is 2. The van der Waals surface area contributed by atoms with Gasteiger partial charge in [0, 0.05) is 60.5 Å². The second-order valence-corrected chi connectivity index (χ2v) is 11.8. The van der Waals surface area contributed by atoms with Crippen LogP contribution >= 0.6 is 0 Å². The van der Waals surface area contributed by atoms with E-state index in [1.165, 1.54) is 14.1 Å². The number of rotatable bonds is 11. The summed E-state index contributed by atoms with van der Waals surface area (Å²) in [6.45, 7) is 5.87. The molecule has 11 heteroatoms. The minimum absolute atomic E-state index is 0.179. The van der Waals surface area contributed by atoms with Crippen molar-refractivity contribution in [3.63, 3.8) is 0 Å². The summed E-state index contributed by atoms with van der Waals surface area (Å²) >= 11 is 0. The number of fused-ring (bicyclic) bond motifs is 2. The third-order valence-corrected chi connectivity index (χ3v) is 8.46. The van der Waals surface area contributed by atoms with Crippen LogP contribution in [-0.4, -0.2) is 55.6 Å². The van der Waals surface area contributed by atoms with Crippen molar-refractivity contribution in [2.45, 2.75) is 13.1 Å². The minimum atomic E-state index is -1.01. The van der Waals surface area contributed by atoms with Gasteiger partial charge in [-0.1, -0.05) is 85.4 Å². The molecule has 4 aromatic rings. The van der Waals surface area contributed by atoms with Crippen molar-refractivity contribution in [2.75, 3.05) is 32.1 Å². The van der Waals surface area contributed by atoms with Gasteiger partial charge in [0.25, 0.3) is 0 Å². The standard InChI is InChI=1S/C40H35N3O5.C2H5NO2/c1-3-42(26-28-12-6-4-7-13-28)30-18-20-34-36(24-30)48-37-25-31(19-21-35(37)38(34)32-16-10-11-17-33(32)39(44)45)43(22-23-47-40(46)41-2)27-29-14-8-5-9-15-29;1-3-2(4)5/h3-21,24-25H,1,22-23,26-27H2,2H3,(H-,41,44,45,46);3H,1H3,(H,4,5)/p+1. The molecule has 6 rings (SSSR count). The number of benzene rings is 5. The van der Waals surface area contributed by atoms with E-state index < -0.39 is 18.2 Å². The third-order valence-electron chi connectivity index (χ3n) is 8.46. The molecule has 11 nitrogen and oxygen atoms in total. The predicted molar refractivity (Wildman–Crippen MR) is 206 cm³/mol. The van der Waals surface area contributed by atoms with Gasteiger partial charge in [0.05, 0.1) is 11.6 Å². The van der Waals surface area contributed by atoms with Gasteiger partial charge in [0.15, 0.2) is 19.7 Å². The highest BCUT2D eigenvalue weighted by atomic mass is 16.5. The minimum Gasteiger partial charge on any atom is -0.478 e.